The summed E-state index contributed by atoms with van der Waals surface area (Å²) in [6.45, 7) is 3.11. The third-order valence-electron chi connectivity index (χ3n) is 3.91. The van der Waals surface area contributed by atoms with E-state index >= 15 is 0 Å². The molecule has 0 saturated heterocycles. The van der Waals surface area contributed by atoms with Gasteiger partial charge in [0.1, 0.15) is 5.54 Å². The number of nitro groups is 1. The van der Waals surface area contributed by atoms with Crippen molar-refractivity contribution in [1.82, 2.24) is 10.3 Å². The number of H-pyrrole nitrogens is 1. The summed E-state index contributed by atoms with van der Waals surface area (Å²) in [6.07, 6.45) is 1.77. The molecule has 0 aliphatic carbocycles. The summed E-state index contributed by atoms with van der Waals surface area (Å²) in [4.78, 5) is 36.6. The molecule has 23 heavy (non-hydrogen) atoms. The number of carboxylic acid groups (broad SMARTS) is 1. The number of carboxylic acids is 1. The van der Waals surface area contributed by atoms with Crippen molar-refractivity contribution in [3.8, 4) is 0 Å². The molecule has 1 aromatic carbocycles. The average Bonchev–Trinajstić information content (AvgIpc) is 2.89. The number of nitrogens with zero attached hydrogens (tertiary/aromatic N) is 1. The van der Waals surface area contributed by atoms with E-state index < -0.39 is 22.3 Å². The Kier molecular flexibility index (Phi) is 4.35. The van der Waals surface area contributed by atoms with Gasteiger partial charge in [-0.15, -0.1) is 0 Å². The number of nitrogens with one attached hydrogen (secondary N) is 2. The molecule has 0 aliphatic rings. The number of carbonyl (C=O) groups excluding carboxylic acids is 1. The fraction of sp³-hybridized carbons (Fsp3) is 0.333. The lowest BCUT2D eigenvalue weighted by Gasteiger charge is -2.24. The minimum atomic E-state index is -1.34. The van der Waals surface area contributed by atoms with Crippen LogP contribution in [0.25, 0.3) is 10.9 Å². The van der Waals surface area contributed by atoms with Crippen LogP contribution >= 0.6 is 0 Å². The lowest BCUT2D eigenvalue weighted by molar-refractivity contribution is -0.384. The van der Waals surface area contributed by atoms with Crippen molar-refractivity contribution in [2.75, 3.05) is 0 Å². The summed E-state index contributed by atoms with van der Waals surface area (Å²) in [6, 6.07) is 4.34. The van der Waals surface area contributed by atoms with Crippen LogP contribution in [0.5, 0.6) is 0 Å². The molecule has 0 bridgehead atoms. The summed E-state index contributed by atoms with van der Waals surface area (Å²) in [7, 11) is 0. The molecule has 0 fully saturated rings. The number of nitro benzene ring substituents is 1. The molecule has 3 N–H and O–H groups in total. The zero-order valence-electron chi connectivity index (χ0n) is 12.8. The molecule has 2 rings (SSSR count). The highest BCUT2D eigenvalue weighted by Crippen LogP contribution is 2.24. The van der Waals surface area contributed by atoms with Gasteiger partial charge in [-0.05, 0) is 25.0 Å². The van der Waals surface area contributed by atoms with Gasteiger partial charge in [-0.25, -0.2) is 4.79 Å². The first-order valence-electron chi connectivity index (χ1n) is 7.05. The third-order valence-corrected chi connectivity index (χ3v) is 3.91. The van der Waals surface area contributed by atoms with Gasteiger partial charge in [-0.1, -0.05) is 6.92 Å². The monoisotopic (exact) mass is 319 g/mol. The van der Waals surface area contributed by atoms with Crippen molar-refractivity contribution in [3.63, 3.8) is 0 Å². The van der Waals surface area contributed by atoms with E-state index in [9.17, 15) is 24.8 Å². The van der Waals surface area contributed by atoms with Crippen LogP contribution in [-0.4, -0.2) is 32.4 Å². The number of aromatic nitrogens is 1. The van der Waals surface area contributed by atoms with Gasteiger partial charge in [0.15, 0.2) is 0 Å². The highest BCUT2D eigenvalue weighted by Gasteiger charge is 2.32. The molecule has 1 atom stereocenters. The van der Waals surface area contributed by atoms with Gasteiger partial charge >= 0.3 is 5.97 Å². The SMILES string of the molecule is CCC(C)(NC(=O)Cc1c[nH]c2ccc([N+](=O)[O-])cc12)C(=O)O. The number of carbonyl (C=O) groups is 2. The van der Waals surface area contributed by atoms with E-state index in [4.69, 9.17) is 0 Å². The zero-order chi connectivity index (χ0) is 17.2. The van der Waals surface area contributed by atoms with Crippen LogP contribution in [0.15, 0.2) is 24.4 Å². The second-order valence-corrected chi connectivity index (χ2v) is 5.52. The van der Waals surface area contributed by atoms with Crippen LogP contribution in [0.3, 0.4) is 0 Å². The van der Waals surface area contributed by atoms with Gasteiger partial charge < -0.3 is 15.4 Å². The number of hydrogen-bond donors (Lipinski definition) is 3. The van der Waals surface area contributed by atoms with Crippen LogP contribution < -0.4 is 5.32 Å². The van der Waals surface area contributed by atoms with Crippen LogP contribution in [-0.2, 0) is 16.0 Å². The van der Waals surface area contributed by atoms with Gasteiger partial charge in [0.05, 0.1) is 11.3 Å². The Hall–Kier alpha value is -2.90. The topological polar surface area (TPSA) is 125 Å². The first-order valence-corrected chi connectivity index (χ1v) is 7.05. The standard InChI is InChI=1S/C15H17N3O5/c1-3-15(2,14(20)21)17-13(19)6-9-8-16-12-5-4-10(18(22)23)7-11(9)12/h4-5,7-8,16H,3,6H2,1-2H3,(H,17,19)(H,20,21). The van der Waals surface area contributed by atoms with Gasteiger partial charge in [0, 0.05) is 29.2 Å². The predicted octanol–water partition coefficient (Wildman–Crippen LogP) is 1.99. The number of amides is 1. The molecule has 0 saturated carbocycles. The third kappa shape index (κ3) is 3.31. The normalized spacial score (nSPS) is 13.5. The van der Waals surface area contributed by atoms with Crippen LogP contribution in [0.2, 0.25) is 0 Å². The van der Waals surface area contributed by atoms with Gasteiger partial charge in [0.2, 0.25) is 5.91 Å². The highest BCUT2D eigenvalue weighted by molar-refractivity contribution is 5.92. The molecule has 0 aliphatic heterocycles. The minimum absolute atomic E-state index is 0.0654. The maximum Gasteiger partial charge on any atom is 0.329 e. The fourth-order valence-corrected chi connectivity index (χ4v) is 2.24. The summed E-state index contributed by atoms with van der Waals surface area (Å²) < 4.78 is 0. The molecule has 0 radical (unpaired) electrons. The first-order chi connectivity index (χ1) is 10.8. The maximum atomic E-state index is 12.1. The summed E-state index contributed by atoms with van der Waals surface area (Å²) in [5, 5.41) is 23.1. The van der Waals surface area contributed by atoms with Gasteiger partial charge in [-0.2, -0.15) is 0 Å². The van der Waals surface area contributed by atoms with E-state index in [1.54, 1.807) is 19.2 Å². The maximum absolute atomic E-state index is 12.1. The quantitative estimate of drug-likeness (QED) is 0.554. The number of fused-ring (bicyclic) bond motifs is 1. The molecular formula is C15H17N3O5. The highest BCUT2D eigenvalue weighted by atomic mass is 16.6. The molecular weight excluding hydrogens is 302 g/mol. The molecule has 0 spiro atoms. The van der Waals surface area contributed by atoms with E-state index in [0.717, 1.165) is 0 Å². The van der Waals surface area contributed by atoms with E-state index in [0.29, 0.717) is 16.5 Å². The second kappa shape index (κ2) is 6.07. The average molecular weight is 319 g/mol. The van der Waals surface area contributed by atoms with Crippen molar-refractivity contribution in [1.29, 1.82) is 0 Å². The van der Waals surface area contributed by atoms with E-state index in [1.165, 1.54) is 19.1 Å². The van der Waals surface area contributed by atoms with Crippen LogP contribution in [0.4, 0.5) is 5.69 Å². The van der Waals surface area contributed by atoms with Crippen molar-refractivity contribution in [2.45, 2.75) is 32.2 Å². The lowest BCUT2D eigenvalue weighted by atomic mass is 9.98. The largest absolute Gasteiger partial charge is 0.480 e. The molecule has 1 unspecified atom stereocenters. The Labute approximate surface area is 131 Å². The van der Waals surface area contributed by atoms with Crippen LogP contribution in [0.1, 0.15) is 25.8 Å². The number of rotatable bonds is 6. The lowest BCUT2D eigenvalue weighted by Crippen LogP contribution is -2.52. The van der Waals surface area contributed by atoms with Crippen molar-refractivity contribution in [3.05, 3.63) is 40.1 Å². The van der Waals surface area contributed by atoms with Crippen molar-refractivity contribution >= 4 is 28.5 Å². The zero-order valence-corrected chi connectivity index (χ0v) is 12.8. The van der Waals surface area contributed by atoms with Crippen molar-refractivity contribution < 1.29 is 19.6 Å². The number of aromatic amines is 1. The van der Waals surface area contributed by atoms with Crippen molar-refractivity contribution in [2.24, 2.45) is 0 Å². The Morgan fingerprint density at radius 2 is 2.13 bits per heavy atom. The Balaban J connectivity index is 2.24. The molecule has 1 aromatic heterocycles. The molecule has 8 nitrogen and oxygen atoms in total. The molecule has 1 amide bonds. The summed E-state index contributed by atoms with van der Waals surface area (Å²) in [5.41, 5.74) is -0.155. The Morgan fingerprint density at radius 3 is 2.70 bits per heavy atom. The molecule has 122 valence electrons. The Morgan fingerprint density at radius 1 is 1.43 bits per heavy atom. The predicted molar refractivity (Wildman–Crippen MR) is 83.1 cm³/mol. The van der Waals surface area contributed by atoms with Gasteiger partial charge in [-0.3, -0.25) is 14.9 Å². The number of hydrogen-bond acceptors (Lipinski definition) is 4. The van der Waals surface area contributed by atoms with E-state index in [1.807, 2.05) is 0 Å². The molecule has 2 aromatic rings. The summed E-state index contributed by atoms with van der Waals surface area (Å²) in [5.74, 6) is -1.56. The van der Waals surface area contributed by atoms with Crippen LogP contribution in [0, 0.1) is 10.1 Å². The number of non-ortho nitro benzene ring substituents is 1. The van der Waals surface area contributed by atoms with E-state index in [2.05, 4.69) is 10.3 Å². The Bertz CT molecular complexity index is 783. The molecule has 1 heterocycles. The van der Waals surface area contributed by atoms with E-state index in [-0.39, 0.29) is 18.5 Å². The number of aliphatic carboxylic acids is 1. The second-order valence-electron chi connectivity index (χ2n) is 5.52. The van der Waals surface area contributed by atoms with Gasteiger partial charge in [0.25, 0.3) is 5.69 Å². The fourth-order valence-electron chi connectivity index (χ4n) is 2.24. The smallest absolute Gasteiger partial charge is 0.329 e. The number of benzene rings is 1. The minimum Gasteiger partial charge on any atom is -0.480 e. The molecule has 8 heteroatoms. The first kappa shape index (κ1) is 16.5. The summed E-state index contributed by atoms with van der Waals surface area (Å²) >= 11 is 0.